The lowest BCUT2D eigenvalue weighted by molar-refractivity contribution is 0.0357. The van der Waals surface area contributed by atoms with Crippen molar-refractivity contribution in [3.8, 4) is 34.6 Å². The van der Waals surface area contributed by atoms with Crippen LogP contribution in [-0.4, -0.2) is 87.0 Å². The third-order valence-electron chi connectivity index (χ3n) is 9.15. The SMILES string of the molecule is COc1cc2c(Oc3ccc(CC(=O)c4cc5c(n(-c6ccc(F)cc6)c4=O)OCCN5C)cc3F)ccnc2cc1OCCCN1CCOCC1. The van der Waals surface area contributed by atoms with Gasteiger partial charge in [0.25, 0.3) is 5.56 Å². The summed E-state index contributed by atoms with van der Waals surface area (Å²) < 4.78 is 59.5. The van der Waals surface area contributed by atoms with Gasteiger partial charge in [-0.15, -0.1) is 0 Å². The topological polar surface area (TPSA) is 105 Å². The number of nitrogens with zero attached hydrogens (tertiary/aromatic N) is 4. The number of benzene rings is 3. The van der Waals surface area contributed by atoms with Crippen molar-refractivity contribution in [2.75, 3.05) is 71.7 Å². The fraction of sp³-hybridized carbons (Fsp3) is 0.308. The highest BCUT2D eigenvalue weighted by Crippen LogP contribution is 2.38. The summed E-state index contributed by atoms with van der Waals surface area (Å²) in [4.78, 5) is 36.0. The van der Waals surface area contributed by atoms with Gasteiger partial charge in [-0.25, -0.2) is 13.3 Å². The first-order chi connectivity index (χ1) is 25.3. The summed E-state index contributed by atoms with van der Waals surface area (Å²) in [5.41, 5.74) is 1.10. The number of halogens is 2. The Kier molecular flexibility index (Phi) is 10.3. The first kappa shape index (κ1) is 34.9. The third-order valence-corrected chi connectivity index (χ3v) is 9.15. The number of Topliss-reactive ketones (excluding diaryl/α,β-unsaturated/α-hetero) is 1. The van der Waals surface area contributed by atoms with E-state index in [0.717, 1.165) is 39.3 Å². The van der Waals surface area contributed by atoms with Crippen LogP contribution >= 0.6 is 0 Å². The number of carbonyl (C=O) groups is 1. The molecule has 0 aliphatic carbocycles. The van der Waals surface area contributed by atoms with Crippen LogP contribution in [-0.2, 0) is 11.2 Å². The fourth-order valence-electron chi connectivity index (χ4n) is 6.34. The van der Waals surface area contributed by atoms with Crippen LogP contribution in [0.5, 0.6) is 28.9 Å². The number of hydrogen-bond acceptors (Lipinski definition) is 10. The molecule has 7 rings (SSSR count). The van der Waals surface area contributed by atoms with Crippen LogP contribution < -0.4 is 29.4 Å². The minimum atomic E-state index is -0.690. The van der Waals surface area contributed by atoms with Crippen LogP contribution in [0.1, 0.15) is 22.3 Å². The summed E-state index contributed by atoms with van der Waals surface area (Å²) in [5.74, 6) is -0.0734. The smallest absolute Gasteiger partial charge is 0.268 e. The van der Waals surface area contributed by atoms with Crippen LogP contribution in [0.2, 0.25) is 0 Å². The fourth-order valence-corrected chi connectivity index (χ4v) is 6.34. The quantitative estimate of drug-likeness (QED) is 0.116. The van der Waals surface area contributed by atoms with Gasteiger partial charge in [0.1, 0.15) is 18.2 Å². The Hall–Kier alpha value is -5.53. The molecule has 3 aromatic carbocycles. The Morgan fingerprint density at radius 3 is 2.48 bits per heavy atom. The Bertz CT molecular complexity index is 2150. The summed E-state index contributed by atoms with van der Waals surface area (Å²) >= 11 is 0. The Morgan fingerprint density at radius 1 is 0.904 bits per heavy atom. The summed E-state index contributed by atoms with van der Waals surface area (Å²) in [5, 5.41) is 0.595. The Balaban J connectivity index is 1.08. The summed E-state index contributed by atoms with van der Waals surface area (Å²) in [6.07, 6.45) is 2.16. The second-order valence-electron chi connectivity index (χ2n) is 12.6. The van der Waals surface area contributed by atoms with Gasteiger partial charge in [0, 0.05) is 50.8 Å². The van der Waals surface area contributed by atoms with Crippen molar-refractivity contribution in [1.29, 1.82) is 0 Å². The minimum absolute atomic E-state index is 0.0580. The molecule has 0 unspecified atom stereocenters. The van der Waals surface area contributed by atoms with Gasteiger partial charge in [0.2, 0.25) is 5.88 Å². The number of aromatic nitrogens is 2. The molecule has 4 heterocycles. The summed E-state index contributed by atoms with van der Waals surface area (Å²) in [6.45, 7) is 5.61. The maximum absolute atomic E-state index is 15.6. The number of morpholine rings is 1. The van der Waals surface area contributed by atoms with Crippen molar-refractivity contribution in [2.45, 2.75) is 12.8 Å². The monoisotopic (exact) mass is 712 g/mol. The van der Waals surface area contributed by atoms with Gasteiger partial charge >= 0.3 is 0 Å². The van der Waals surface area contributed by atoms with Crippen LogP contribution in [0.3, 0.4) is 0 Å². The van der Waals surface area contributed by atoms with Crippen LogP contribution in [0, 0.1) is 11.6 Å². The van der Waals surface area contributed by atoms with Gasteiger partial charge in [0.05, 0.1) is 55.9 Å². The van der Waals surface area contributed by atoms with Crippen LogP contribution in [0.4, 0.5) is 14.5 Å². The van der Waals surface area contributed by atoms with Gasteiger partial charge in [-0.05, 0) is 66.6 Å². The van der Waals surface area contributed by atoms with Crippen LogP contribution in [0.25, 0.3) is 16.6 Å². The predicted octanol–water partition coefficient (Wildman–Crippen LogP) is 5.82. The van der Waals surface area contributed by atoms with Gasteiger partial charge in [-0.1, -0.05) is 6.07 Å². The predicted molar refractivity (Wildman–Crippen MR) is 191 cm³/mol. The van der Waals surface area contributed by atoms with E-state index in [4.69, 9.17) is 23.7 Å². The number of ketones is 1. The number of methoxy groups -OCH3 is 1. The normalized spacial score (nSPS) is 14.5. The van der Waals surface area contributed by atoms with Gasteiger partial charge in [-0.3, -0.25) is 19.5 Å². The van der Waals surface area contributed by atoms with E-state index < -0.39 is 23.0 Å². The zero-order valence-corrected chi connectivity index (χ0v) is 28.9. The highest BCUT2D eigenvalue weighted by molar-refractivity contribution is 5.98. The third kappa shape index (κ3) is 7.41. The molecule has 1 saturated heterocycles. The molecular weight excluding hydrogens is 674 g/mol. The molecular formula is C39H38F2N4O7. The number of rotatable bonds is 12. The van der Waals surface area contributed by atoms with E-state index >= 15 is 4.39 Å². The molecule has 11 nitrogen and oxygen atoms in total. The standard InChI is InChI=1S/C39H38F2N4O7/c1-43-13-19-51-39-32(43)22-29(38(47)45(39)27-7-5-26(40)6-8-27)33(46)21-25-4-9-35(30(41)20-25)52-34-10-11-42-31-24-37(36(48-2)23-28(31)34)50-16-3-12-44-14-17-49-18-15-44/h4-11,20,22-24H,3,12-19,21H2,1-2H3. The molecule has 52 heavy (non-hydrogen) atoms. The van der Waals surface area contributed by atoms with E-state index in [1.165, 1.54) is 47.0 Å². The second-order valence-corrected chi connectivity index (χ2v) is 12.6. The van der Waals surface area contributed by atoms with E-state index in [1.807, 2.05) is 11.9 Å². The van der Waals surface area contributed by atoms with E-state index in [2.05, 4.69) is 9.88 Å². The van der Waals surface area contributed by atoms with Crippen molar-refractivity contribution in [1.82, 2.24) is 14.5 Å². The van der Waals surface area contributed by atoms with Gasteiger partial charge < -0.3 is 28.6 Å². The number of fused-ring (bicyclic) bond motifs is 2. The lowest BCUT2D eigenvalue weighted by Gasteiger charge is -2.30. The number of likely N-dealkylation sites (N-methyl/N-ethyl adjacent to an activating group) is 1. The maximum atomic E-state index is 15.6. The van der Waals surface area contributed by atoms with E-state index in [0.29, 0.717) is 64.8 Å². The minimum Gasteiger partial charge on any atom is -0.493 e. The molecule has 2 aliphatic heterocycles. The van der Waals surface area contributed by atoms with Gasteiger partial charge in [0.15, 0.2) is 28.8 Å². The van der Waals surface area contributed by atoms with E-state index in [9.17, 15) is 14.0 Å². The van der Waals surface area contributed by atoms with Crippen molar-refractivity contribution in [3.05, 3.63) is 106 Å². The Morgan fingerprint density at radius 2 is 1.71 bits per heavy atom. The molecule has 1 fully saturated rings. The highest BCUT2D eigenvalue weighted by Gasteiger charge is 2.26. The molecule has 0 spiro atoms. The van der Waals surface area contributed by atoms with Crippen molar-refractivity contribution in [2.24, 2.45) is 0 Å². The first-order valence-corrected chi connectivity index (χ1v) is 17.1. The molecule has 0 bridgehead atoms. The number of ether oxygens (including phenoxy) is 5. The van der Waals surface area contributed by atoms with Crippen molar-refractivity contribution in [3.63, 3.8) is 0 Å². The molecule has 0 radical (unpaired) electrons. The average Bonchev–Trinajstić information content (AvgIpc) is 3.15. The molecule has 13 heteroatoms. The summed E-state index contributed by atoms with van der Waals surface area (Å²) in [6, 6.07) is 16.2. The number of carbonyl (C=O) groups excluding carboxylic acids is 1. The van der Waals surface area contributed by atoms with E-state index in [-0.39, 0.29) is 23.6 Å². The number of pyridine rings is 2. The molecule has 0 N–H and O–H groups in total. The largest absolute Gasteiger partial charge is 0.493 e. The van der Waals surface area contributed by atoms with Crippen molar-refractivity contribution >= 4 is 22.4 Å². The average molecular weight is 713 g/mol. The first-order valence-electron chi connectivity index (χ1n) is 17.1. The number of anilines is 1. The Labute approximate surface area is 298 Å². The second kappa shape index (κ2) is 15.4. The zero-order valence-electron chi connectivity index (χ0n) is 28.9. The lowest BCUT2D eigenvalue weighted by atomic mass is 10.0. The van der Waals surface area contributed by atoms with Crippen molar-refractivity contribution < 1.29 is 37.3 Å². The molecule has 0 atom stereocenters. The zero-order chi connectivity index (χ0) is 36.2. The molecule has 5 aromatic rings. The maximum Gasteiger partial charge on any atom is 0.268 e. The van der Waals surface area contributed by atoms with Gasteiger partial charge in [-0.2, -0.15) is 0 Å². The lowest BCUT2D eigenvalue weighted by Crippen LogP contribution is -2.37. The van der Waals surface area contributed by atoms with Crippen LogP contribution in [0.15, 0.2) is 77.7 Å². The van der Waals surface area contributed by atoms with E-state index in [1.54, 1.807) is 37.6 Å². The number of hydrogen-bond donors (Lipinski definition) is 0. The highest BCUT2D eigenvalue weighted by atomic mass is 19.1. The molecule has 2 aliphatic rings. The molecule has 0 amide bonds. The molecule has 270 valence electrons. The molecule has 0 saturated carbocycles. The summed E-state index contributed by atoms with van der Waals surface area (Å²) in [7, 11) is 3.37. The molecule has 2 aromatic heterocycles.